The van der Waals surface area contributed by atoms with Crippen LogP contribution in [0.2, 0.25) is 0 Å². The van der Waals surface area contributed by atoms with Gasteiger partial charge in [-0.1, -0.05) is 42.5 Å². The molecule has 27 heavy (non-hydrogen) atoms. The van der Waals surface area contributed by atoms with Crippen molar-refractivity contribution in [2.45, 2.75) is 20.0 Å². The number of ketones is 1. The number of pyridine rings is 1. The predicted molar refractivity (Wildman–Crippen MR) is 104 cm³/mol. The number of fused-ring (bicyclic) bond motifs is 2. The van der Waals surface area contributed by atoms with E-state index in [2.05, 4.69) is 9.97 Å². The van der Waals surface area contributed by atoms with Crippen molar-refractivity contribution in [3.8, 4) is 0 Å². The lowest BCUT2D eigenvalue weighted by Crippen LogP contribution is -2.25. The first-order valence-electron chi connectivity index (χ1n) is 8.73. The first-order valence-corrected chi connectivity index (χ1v) is 8.73. The van der Waals surface area contributed by atoms with Gasteiger partial charge in [-0.25, -0.2) is 9.78 Å². The molecule has 2 aromatic heterocycles. The zero-order valence-corrected chi connectivity index (χ0v) is 15.0. The highest BCUT2D eigenvalue weighted by Gasteiger charge is 2.25. The average molecular weight is 358 g/mol. The maximum Gasteiger partial charge on any atom is 0.357 e. The number of hydrogen-bond donors (Lipinski definition) is 1. The van der Waals surface area contributed by atoms with Crippen molar-refractivity contribution in [1.82, 2.24) is 9.97 Å². The van der Waals surface area contributed by atoms with E-state index in [-0.39, 0.29) is 11.5 Å². The predicted octanol–water partition coefficient (Wildman–Crippen LogP) is 4.45. The fraction of sp³-hybridized carbons (Fsp3) is 0.136. The summed E-state index contributed by atoms with van der Waals surface area (Å²) in [5.74, 6) is -0.849. The maximum absolute atomic E-state index is 12.9. The molecule has 0 radical (unpaired) electrons. The molecule has 0 saturated heterocycles. The van der Waals surface area contributed by atoms with Gasteiger partial charge in [-0.05, 0) is 32.0 Å². The molecule has 0 bridgehead atoms. The molecule has 0 amide bonds. The standard InChI is InChI=1S/C22H18N2O3/c1-13-20(16-8-4-6-10-18(16)23-13)21(25)14(2)27-22(26)19-12-11-15-7-3-5-9-17(15)24-19/h3-12,14,23H,1-2H3/t14-/m1/s1. The van der Waals surface area contributed by atoms with E-state index in [1.807, 2.05) is 61.5 Å². The number of H-pyrrole nitrogens is 1. The first-order chi connectivity index (χ1) is 13.0. The molecule has 5 heteroatoms. The second kappa shape index (κ2) is 6.68. The summed E-state index contributed by atoms with van der Waals surface area (Å²) < 4.78 is 5.41. The van der Waals surface area contributed by atoms with Gasteiger partial charge in [-0.3, -0.25) is 4.79 Å². The van der Waals surface area contributed by atoms with Crippen LogP contribution >= 0.6 is 0 Å². The number of ether oxygens (including phenoxy) is 1. The number of rotatable bonds is 4. The number of Topliss-reactive ketones (excluding diaryl/α,β-unsaturated/α-hetero) is 1. The molecule has 2 heterocycles. The lowest BCUT2D eigenvalue weighted by molar-refractivity contribution is 0.0314. The third-order valence-corrected chi connectivity index (χ3v) is 4.60. The van der Waals surface area contributed by atoms with Gasteiger partial charge in [0.2, 0.25) is 5.78 Å². The fourth-order valence-corrected chi connectivity index (χ4v) is 3.25. The van der Waals surface area contributed by atoms with Gasteiger partial charge in [0.15, 0.2) is 6.10 Å². The number of para-hydroxylation sites is 2. The zero-order valence-electron chi connectivity index (χ0n) is 15.0. The normalized spacial score (nSPS) is 12.2. The molecule has 0 aliphatic rings. The average Bonchev–Trinajstić information content (AvgIpc) is 3.02. The number of benzene rings is 2. The quantitative estimate of drug-likeness (QED) is 0.432. The van der Waals surface area contributed by atoms with Gasteiger partial charge < -0.3 is 9.72 Å². The Hall–Kier alpha value is -3.47. The third kappa shape index (κ3) is 3.08. The number of carbonyl (C=O) groups excluding carboxylic acids is 2. The van der Waals surface area contributed by atoms with E-state index in [1.165, 1.54) is 0 Å². The summed E-state index contributed by atoms with van der Waals surface area (Å²) in [6.07, 6.45) is -0.913. The smallest absolute Gasteiger partial charge is 0.357 e. The van der Waals surface area contributed by atoms with E-state index in [9.17, 15) is 9.59 Å². The van der Waals surface area contributed by atoms with Crippen LogP contribution in [0.1, 0.15) is 33.5 Å². The Bertz CT molecular complexity index is 1180. The summed E-state index contributed by atoms with van der Waals surface area (Å²) in [6, 6.07) is 18.5. The largest absolute Gasteiger partial charge is 0.450 e. The first kappa shape index (κ1) is 17.0. The van der Waals surface area contributed by atoms with E-state index < -0.39 is 12.1 Å². The van der Waals surface area contributed by atoms with E-state index in [0.29, 0.717) is 11.1 Å². The van der Waals surface area contributed by atoms with Gasteiger partial charge in [0.1, 0.15) is 5.69 Å². The molecule has 0 fully saturated rings. The zero-order chi connectivity index (χ0) is 19.0. The maximum atomic E-state index is 12.9. The molecule has 0 aliphatic heterocycles. The van der Waals surface area contributed by atoms with E-state index >= 15 is 0 Å². The lowest BCUT2D eigenvalue weighted by Gasteiger charge is -2.12. The molecule has 134 valence electrons. The van der Waals surface area contributed by atoms with Crippen LogP contribution in [0.4, 0.5) is 0 Å². The Morgan fingerprint density at radius 1 is 1.00 bits per heavy atom. The van der Waals surface area contributed by atoms with Crippen LogP contribution in [0.25, 0.3) is 21.8 Å². The summed E-state index contributed by atoms with van der Waals surface area (Å²) in [7, 11) is 0. The second-order valence-corrected chi connectivity index (χ2v) is 6.47. The molecule has 0 spiro atoms. The van der Waals surface area contributed by atoms with Crippen molar-refractivity contribution in [3.05, 3.63) is 77.6 Å². The van der Waals surface area contributed by atoms with Crippen LogP contribution in [0.5, 0.6) is 0 Å². The summed E-state index contributed by atoms with van der Waals surface area (Å²) in [4.78, 5) is 32.9. The second-order valence-electron chi connectivity index (χ2n) is 6.47. The van der Waals surface area contributed by atoms with E-state index in [1.54, 1.807) is 13.0 Å². The third-order valence-electron chi connectivity index (χ3n) is 4.60. The highest BCUT2D eigenvalue weighted by molar-refractivity contribution is 6.11. The lowest BCUT2D eigenvalue weighted by atomic mass is 10.0. The van der Waals surface area contributed by atoms with Crippen molar-refractivity contribution < 1.29 is 14.3 Å². The molecule has 0 unspecified atom stereocenters. The van der Waals surface area contributed by atoms with E-state index in [0.717, 1.165) is 22.0 Å². The van der Waals surface area contributed by atoms with Crippen molar-refractivity contribution >= 4 is 33.6 Å². The monoisotopic (exact) mass is 358 g/mol. The number of esters is 1. The van der Waals surface area contributed by atoms with Crippen molar-refractivity contribution in [3.63, 3.8) is 0 Å². The van der Waals surface area contributed by atoms with Crippen LogP contribution in [-0.4, -0.2) is 27.8 Å². The molecule has 0 saturated carbocycles. The molecule has 5 nitrogen and oxygen atoms in total. The number of nitrogens with one attached hydrogen (secondary N) is 1. The molecule has 4 rings (SSSR count). The van der Waals surface area contributed by atoms with Gasteiger partial charge in [-0.2, -0.15) is 0 Å². The molecular weight excluding hydrogens is 340 g/mol. The Morgan fingerprint density at radius 3 is 2.59 bits per heavy atom. The minimum atomic E-state index is -0.913. The van der Waals surface area contributed by atoms with Crippen LogP contribution in [0.15, 0.2) is 60.7 Å². The van der Waals surface area contributed by atoms with Crippen LogP contribution in [-0.2, 0) is 4.74 Å². The number of aromatic nitrogens is 2. The number of hydrogen-bond acceptors (Lipinski definition) is 4. The highest BCUT2D eigenvalue weighted by atomic mass is 16.5. The summed E-state index contributed by atoms with van der Waals surface area (Å²) in [5, 5.41) is 1.76. The summed E-state index contributed by atoms with van der Waals surface area (Å²) in [6.45, 7) is 3.43. The Morgan fingerprint density at radius 2 is 1.74 bits per heavy atom. The van der Waals surface area contributed by atoms with Crippen LogP contribution < -0.4 is 0 Å². The van der Waals surface area contributed by atoms with Crippen LogP contribution in [0.3, 0.4) is 0 Å². The summed E-state index contributed by atoms with van der Waals surface area (Å²) in [5.41, 5.74) is 3.08. The fourth-order valence-electron chi connectivity index (χ4n) is 3.25. The van der Waals surface area contributed by atoms with Crippen molar-refractivity contribution in [2.24, 2.45) is 0 Å². The topological polar surface area (TPSA) is 72.1 Å². The van der Waals surface area contributed by atoms with Gasteiger partial charge in [0.25, 0.3) is 0 Å². The van der Waals surface area contributed by atoms with Crippen LogP contribution in [0, 0.1) is 6.92 Å². The molecule has 2 aromatic carbocycles. The van der Waals surface area contributed by atoms with Gasteiger partial charge in [0, 0.05) is 27.5 Å². The SMILES string of the molecule is Cc1[nH]c2ccccc2c1C(=O)[C@@H](C)OC(=O)c1ccc2ccccc2n1. The number of carbonyl (C=O) groups is 2. The minimum Gasteiger partial charge on any atom is -0.450 e. The molecule has 1 N–H and O–H groups in total. The van der Waals surface area contributed by atoms with Crippen molar-refractivity contribution in [2.75, 3.05) is 0 Å². The van der Waals surface area contributed by atoms with Crippen molar-refractivity contribution in [1.29, 1.82) is 0 Å². The minimum absolute atomic E-state index is 0.184. The number of aromatic amines is 1. The van der Waals surface area contributed by atoms with Gasteiger partial charge >= 0.3 is 5.97 Å². The number of aryl methyl sites for hydroxylation is 1. The Kier molecular flexibility index (Phi) is 4.20. The number of nitrogens with zero attached hydrogens (tertiary/aromatic N) is 1. The Labute approximate surface area is 156 Å². The summed E-state index contributed by atoms with van der Waals surface area (Å²) >= 11 is 0. The van der Waals surface area contributed by atoms with E-state index in [4.69, 9.17) is 4.74 Å². The Balaban J connectivity index is 1.58. The molecule has 0 aliphatic carbocycles. The molecule has 4 aromatic rings. The van der Waals surface area contributed by atoms with Gasteiger partial charge in [0.05, 0.1) is 5.52 Å². The molecule has 1 atom stereocenters. The highest BCUT2D eigenvalue weighted by Crippen LogP contribution is 2.24. The molecular formula is C22H18N2O3. The van der Waals surface area contributed by atoms with Gasteiger partial charge in [-0.15, -0.1) is 0 Å².